The van der Waals surface area contributed by atoms with E-state index in [2.05, 4.69) is 0 Å². The lowest BCUT2D eigenvalue weighted by atomic mass is 9.81. The molecule has 1 saturated carbocycles. The molecular formula is C17H27NO3S. The van der Waals surface area contributed by atoms with E-state index in [4.69, 9.17) is 0 Å². The highest BCUT2D eigenvalue weighted by Gasteiger charge is 2.34. The minimum Gasteiger partial charge on any atom is -0.390 e. The number of benzene rings is 1. The van der Waals surface area contributed by atoms with E-state index in [0.717, 1.165) is 37.7 Å². The predicted octanol–water partition coefficient (Wildman–Crippen LogP) is 3.09. The van der Waals surface area contributed by atoms with Crippen molar-refractivity contribution in [2.75, 3.05) is 7.05 Å². The van der Waals surface area contributed by atoms with Crippen LogP contribution >= 0.6 is 0 Å². The van der Waals surface area contributed by atoms with E-state index in [1.807, 2.05) is 13.8 Å². The smallest absolute Gasteiger partial charge is 0.243 e. The van der Waals surface area contributed by atoms with Crippen LogP contribution in [0.1, 0.15) is 51.0 Å². The van der Waals surface area contributed by atoms with Crippen LogP contribution in [-0.2, 0) is 10.0 Å². The molecular weight excluding hydrogens is 298 g/mol. The first-order valence-electron chi connectivity index (χ1n) is 8.02. The Labute approximate surface area is 134 Å². The van der Waals surface area contributed by atoms with Crippen LogP contribution < -0.4 is 0 Å². The standard InChI is InChI=1S/C17H27NO3S/c1-14-7-9-16(10-8-14)22(20,21)18(3)15(2)13-17(19)11-5-4-6-12-17/h7-10,15,19H,4-6,11-13H2,1-3H3. The first-order chi connectivity index (χ1) is 10.2. The molecule has 0 aromatic heterocycles. The molecule has 0 heterocycles. The summed E-state index contributed by atoms with van der Waals surface area (Å²) >= 11 is 0. The van der Waals surface area contributed by atoms with Crippen molar-refractivity contribution in [2.45, 2.75) is 68.9 Å². The van der Waals surface area contributed by atoms with Crippen molar-refractivity contribution < 1.29 is 13.5 Å². The number of aliphatic hydroxyl groups is 1. The molecule has 0 spiro atoms. The van der Waals surface area contributed by atoms with Crippen LogP contribution in [0.5, 0.6) is 0 Å². The quantitative estimate of drug-likeness (QED) is 0.905. The molecule has 0 saturated heterocycles. The molecule has 1 unspecified atom stereocenters. The second-order valence-corrected chi connectivity index (χ2v) is 8.67. The number of hydrogen-bond acceptors (Lipinski definition) is 3. The zero-order valence-electron chi connectivity index (χ0n) is 13.7. The summed E-state index contributed by atoms with van der Waals surface area (Å²) in [5.41, 5.74) is 0.320. The van der Waals surface area contributed by atoms with Gasteiger partial charge in [-0.15, -0.1) is 0 Å². The van der Waals surface area contributed by atoms with Gasteiger partial charge in [-0.2, -0.15) is 4.31 Å². The molecule has 1 aromatic carbocycles. The number of sulfonamides is 1. The summed E-state index contributed by atoms with van der Waals surface area (Å²) in [6, 6.07) is 6.67. The molecule has 1 aromatic rings. The normalized spacial score (nSPS) is 20.0. The fraction of sp³-hybridized carbons (Fsp3) is 0.647. The van der Waals surface area contributed by atoms with Crippen LogP contribution in [0.4, 0.5) is 0 Å². The lowest BCUT2D eigenvalue weighted by Crippen LogP contribution is -2.42. The van der Waals surface area contributed by atoms with E-state index in [0.29, 0.717) is 11.3 Å². The van der Waals surface area contributed by atoms with Gasteiger partial charge in [0.2, 0.25) is 10.0 Å². The first-order valence-corrected chi connectivity index (χ1v) is 9.46. The van der Waals surface area contributed by atoms with Crippen LogP contribution in [0.25, 0.3) is 0 Å². The maximum Gasteiger partial charge on any atom is 0.243 e. The van der Waals surface area contributed by atoms with Gasteiger partial charge in [-0.3, -0.25) is 0 Å². The number of hydrogen-bond donors (Lipinski definition) is 1. The van der Waals surface area contributed by atoms with Crippen LogP contribution in [0.2, 0.25) is 0 Å². The zero-order chi connectivity index (χ0) is 16.4. The highest BCUT2D eigenvalue weighted by Crippen LogP contribution is 2.33. The molecule has 1 fully saturated rings. The molecule has 1 aliphatic rings. The summed E-state index contributed by atoms with van der Waals surface area (Å²) in [5.74, 6) is 0. The number of rotatable bonds is 5. The van der Waals surface area contributed by atoms with E-state index in [-0.39, 0.29) is 6.04 Å². The predicted molar refractivity (Wildman–Crippen MR) is 88.2 cm³/mol. The van der Waals surface area contributed by atoms with Gasteiger partial charge in [0.25, 0.3) is 0 Å². The lowest BCUT2D eigenvalue weighted by molar-refractivity contribution is -0.0156. The molecule has 0 aliphatic heterocycles. The summed E-state index contributed by atoms with van der Waals surface area (Å²) < 4.78 is 26.7. The van der Waals surface area contributed by atoms with E-state index < -0.39 is 15.6 Å². The molecule has 1 atom stereocenters. The summed E-state index contributed by atoms with van der Waals surface area (Å²) in [5, 5.41) is 10.6. The van der Waals surface area contributed by atoms with E-state index in [1.165, 1.54) is 4.31 Å². The Hall–Kier alpha value is -0.910. The topological polar surface area (TPSA) is 57.6 Å². The largest absolute Gasteiger partial charge is 0.390 e. The minimum atomic E-state index is -3.51. The van der Waals surface area contributed by atoms with Crippen molar-refractivity contribution >= 4 is 10.0 Å². The second-order valence-electron chi connectivity index (χ2n) is 6.67. The molecule has 0 radical (unpaired) electrons. The van der Waals surface area contributed by atoms with Crippen LogP contribution in [-0.4, -0.2) is 36.5 Å². The Bertz CT molecular complexity index is 589. The summed E-state index contributed by atoms with van der Waals surface area (Å²) in [6.45, 7) is 3.81. The van der Waals surface area contributed by atoms with Crippen molar-refractivity contribution in [2.24, 2.45) is 0 Å². The summed E-state index contributed by atoms with van der Waals surface area (Å²) in [7, 11) is -1.91. The third kappa shape index (κ3) is 3.89. The molecule has 0 amide bonds. The average molecular weight is 325 g/mol. The summed E-state index contributed by atoms with van der Waals surface area (Å²) in [6.07, 6.45) is 5.25. The average Bonchev–Trinajstić information content (AvgIpc) is 2.47. The Kier molecular flexibility index (Phi) is 5.30. The van der Waals surface area contributed by atoms with Crippen LogP contribution in [0, 0.1) is 6.92 Å². The van der Waals surface area contributed by atoms with E-state index in [1.54, 1.807) is 31.3 Å². The zero-order valence-corrected chi connectivity index (χ0v) is 14.6. The maximum atomic E-state index is 12.7. The van der Waals surface area contributed by atoms with Crippen molar-refractivity contribution in [3.05, 3.63) is 29.8 Å². The van der Waals surface area contributed by atoms with Crippen LogP contribution in [0.3, 0.4) is 0 Å². The first kappa shape index (κ1) is 17.4. The third-order valence-electron chi connectivity index (χ3n) is 4.78. The van der Waals surface area contributed by atoms with Gasteiger partial charge in [0, 0.05) is 13.1 Å². The Morgan fingerprint density at radius 3 is 2.27 bits per heavy atom. The number of nitrogens with zero attached hydrogens (tertiary/aromatic N) is 1. The van der Waals surface area contributed by atoms with Gasteiger partial charge in [0.15, 0.2) is 0 Å². The fourth-order valence-corrected chi connectivity index (χ4v) is 4.57. The number of aryl methyl sites for hydroxylation is 1. The summed E-state index contributed by atoms with van der Waals surface area (Å²) in [4.78, 5) is 0.308. The molecule has 22 heavy (non-hydrogen) atoms. The fourth-order valence-electron chi connectivity index (χ4n) is 3.21. The van der Waals surface area contributed by atoms with Gasteiger partial charge >= 0.3 is 0 Å². The lowest BCUT2D eigenvalue weighted by Gasteiger charge is -2.36. The van der Waals surface area contributed by atoms with Gasteiger partial charge in [0.1, 0.15) is 0 Å². The van der Waals surface area contributed by atoms with E-state index in [9.17, 15) is 13.5 Å². The maximum absolute atomic E-state index is 12.7. The Morgan fingerprint density at radius 2 is 1.73 bits per heavy atom. The highest BCUT2D eigenvalue weighted by atomic mass is 32.2. The molecule has 5 heteroatoms. The van der Waals surface area contributed by atoms with Gasteiger partial charge < -0.3 is 5.11 Å². The SMILES string of the molecule is Cc1ccc(S(=O)(=O)N(C)C(C)CC2(O)CCCCC2)cc1. The molecule has 2 rings (SSSR count). The Balaban J connectivity index is 2.11. The monoisotopic (exact) mass is 325 g/mol. The van der Waals surface area contributed by atoms with Gasteiger partial charge in [-0.1, -0.05) is 37.0 Å². The van der Waals surface area contributed by atoms with Crippen LogP contribution in [0.15, 0.2) is 29.2 Å². The van der Waals surface area contributed by atoms with Crippen molar-refractivity contribution in [3.8, 4) is 0 Å². The Morgan fingerprint density at radius 1 is 1.18 bits per heavy atom. The minimum absolute atomic E-state index is 0.227. The van der Waals surface area contributed by atoms with Gasteiger partial charge in [-0.25, -0.2) is 8.42 Å². The van der Waals surface area contributed by atoms with Gasteiger partial charge in [0.05, 0.1) is 10.5 Å². The second kappa shape index (κ2) is 6.69. The van der Waals surface area contributed by atoms with E-state index >= 15 is 0 Å². The molecule has 1 N–H and O–H groups in total. The molecule has 4 nitrogen and oxygen atoms in total. The van der Waals surface area contributed by atoms with Crippen molar-refractivity contribution in [3.63, 3.8) is 0 Å². The highest BCUT2D eigenvalue weighted by molar-refractivity contribution is 7.89. The third-order valence-corrected chi connectivity index (χ3v) is 6.76. The molecule has 0 bridgehead atoms. The molecule has 1 aliphatic carbocycles. The van der Waals surface area contributed by atoms with Crippen molar-refractivity contribution in [1.29, 1.82) is 0 Å². The molecule has 124 valence electrons. The van der Waals surface area contributed by atoms with Gasteiger partial charge in [-0.05, 0) is 45.2 Å². The van der Waals surface area contributed by atoms with Crippen molar-refractivity contribution in [1.82, 2.24) is 4.31 Å².